The molecule has 0 heterocycles. The van der Waals surface area contributed by atoms with Crippen LogP contribution in [0.2, 0.25) is 0 Å². The van der Waals surface area contributed by atoms with Gasteiger partial charge in [0.15, 0.2) is 5.96 Å². The predicted molar refractivity (Wildman–Crippen MR) is 170 cm³/mol. The largest absolute Gasteiger partial charge is 0.424 e. The van der Waals surface area contributed by atoms with Crippen molar-refractivity contribution in [1.82, 2.24) is 26.2 Å². The lowest BCUT2D eigenvalue weighted by Gasteiger charge is -2.19. The SMILES string of the molecule is CC(=O)NC(CSC(=O)c1ccccc1OC(=O)c1ccccc1OC(=O)C(CS)NC(C)=O)C(=O)NC(=N)NC(=N)N(C)C. The summed E-state index contributed by atoms with van der Waals surface area (Å²) in [4.78, 5) is 76.1. The van der Waals surface area contributed by atoms with Crippen LogP contribution >= 0.6 is 24.4 Å². The van der Waals surface area contributed by atoms with Gasteiger partial charge in [0.25, 0.3) is 0 Å². The Kier molecular flexibility index (Phi) is 14.0. The summed E-state index contributed by atoms with van der Waals surface area (Å²) in [5.41, 5.74) is -0.163. The summed E-state index contributed by atoms with van der Waals surface area (Å²) in [5.74, 6) is -4.89. The third-order valence-electron chi connectivity index (χ3n) is 5.49. The summed E-state index contributed by atoms with van der Waals surface area (Å²) in [6.45, 7) is 2.41. The fourth-order valence-electron chi connectivity index (χ4n) is 3.34. The number of thiol groups is 1. The predicted octanol–water partition coefficient (Wildman–Crippen LogP) is 0.761. The molecule has 2 atom stereocenters. The molecule has 0 aliphatic rings. The van der Waals surface area contributed by atoms with E-state index in [0.29, 0.717) is 11.8 Å². The summed E-state index contributed by atoms with van der Waals surface area (Å²) in [7, 11) is 3.12. The summed E-state index contributed by atoms with van der Waals surface area (Å²) in [6, 6.07) is 9.27. The van der Waals surface area contributed by atoms with Crippen LogP contribution in [0.1, 0.15) is 34.6 Å². The van der Waals surface area contributed by atoms with E-state index < -0.39 is 52.8 Å². The minimum absolute atomic E-state index is 0.0260. The van der Waals surface area contributed by atoms with Gasteiger partial charge in [0.1, 0.15) is 29.1 Å². The Labute approximate surface area is 268 Å². The van der Waals surface area contributed by atoms with E-state index in [-0.39, 0.29) is 40.1 Å². The second-order valence-electron chi connectivity index (χ2n) is 9.32. The molecule has 2 rings (SSSR count). The van der Waals surface area contributed by atoms with E-state index in [4.69, 9.17) is 20.3 Å². The number of ether oxygens (including phenoxy) is 2. The standard InChI is InChI=1S/C28H33N7O8S2/c1-15(36)31-19(13-44)25(40)43-21-11-7-5-9-17(21)24(39)42-22-12-8-6-10-18(22)26(41)45-14-20(32-16(2)37)23(38)33-27(29)34-28(30)35(3)4/h5-12,19-20,44H,13-14H2,1-4H3,(H,31,36)(H,32,37)(H4,29,30,33,34,38). The molecule has 0 saturated carbocycles. The molecule has 0 aliphatic heterocycles. The molecule has 17 heteroatoms. The summed E-state index contributed by atoms with van der Waals surface area (Å²) in [6.07, 6.45) is 0. The number of guanidine groups is 2. The van der Waals surface area contributed by atoms with E-state index in [9.17, 15) is 28.8 Å². The van der Waals surface area contributed by atoms with Crippen LogP contribution in [0, 0.1) is 10.8 Å². The van der Waals surface area contributed by atoms with Crippen molar-refractivity contribution in [2.24, 2.45) is 0 Å². The molecule has 0 aliphatic carbocycles. The molecule has 0 radical (unpaired) electrons. The third-order valence-corrected chi connectivity index (χ3v) is 6.83. The first-order valence-electron chi connectivity index (χ1n) is 13.1. The van der Waals surface area contributed by atoms with Gasteiger partial charge in [0, 0.05) is 39.4 Å². The van der Waals surface area contributed by atoms with Crippen LogP contribution in [0.15, 0.2) is 48.5 Å². The van der Waals surface area contributed by atoms with Crippen LogP contribution in [0.25, 0.3) is 0 Å². The minimum atomic E-state index is -1.23. The quantitative estimate of drug-likeness (QED) is 0.0587. The van der Waals surface area contributed by atoms with E-state index in [0.717, 1.165) is 0 Å². The van der Waals surface area contributed by atoms with Gasteiger partial charge in [-0.1, -0.05) is 36.0 Å². The van der Waals surface area contributed by atoms with Crippen LogP contribution in [0.4, 0.5) is 0 Å². The van der Waals surface area contributed by atoms with E-state index in [1.54, 1.807) is 14.1 Å². The lowest BCUT2D eigenvalue weighted by Crippen LogP contribution is -2.54. The molecule has 0 aromatic heterocycles. The molecule has 2 aromatic rings. The van der Waals surface area contributed by atoms with Gasteiger partial charge >= 0.3 is 11.9 Å². The smallest absolute Gasteiger partial charge is 0.347 e. The zero-order chi connectivity index (χ0) is 33.7. The number of carbonyl (C=O) groups excluding carboxylic acids is 6. The minimum Gasteiger partial charge on any atom is -0.424 e. The van der Waals surface area contributed by atoms with Crippen molar-refractivity contribution in [3.8, 4) is 11.5 Å². The maximum Gasteiger partial charge on any atom is 0.347 e. The molecule has 45 heavy (non-hydrogen) atoms. The number of nitrogens with one attached hydrogen (secondary N) is 6. The average Bonchev–Trinajstić information content (AvgIpc) is 2.97. The van der Waals surface area contributed by atoms with Crippen molar-refractivity contribution < 1.29 is 38.2 Å². The fourth-order valence-corrected chi connectivity index (χ4v) is 4.46. The first-order valence-corrected chi connectivity index (χ1v) is 14.7. The highest BCUT2D eigenvalue weighted by Crippen LogP contribution is 2.27. The first kappa shape index (κ1) is 36.3. The molecule has 2 aromatic carbocycles. The molecule has 15 nitrogen and oxygen atoms in total. The highest BCUT2D eigenvalue weighted by Gasteiger charge is 2.26. The number of amides is 3. The lowest BCUT2D eigenvalue weighted by atomic mass is 10.2. The van der Waals surface area contributed by atoms with Gasteiger partial charge in [-0.2, -0.15) is 12.6 Å². The van der Waals surface area contributed by atoms with Crippen molar-refractivity contribution in [3.05, 3.63) is 59.7 Å². The molecule has 3 amide bonds. The molecule has 6 N–H and O–H groups in total. The van der Waals surface area contributed by atoms with Crippen LogP contribution in [-0.4, -0.2) is 89.3 Å². The summed E-state index contributed by atoms with van der Waals surface area (Å²) in [5, 5.41) is 24.4. The number of thioether (sulfide) groups is 1. The van der Waals surface area contributed by atoms with Gasteiger partial charge in [-0.25, -0.2) is 9.59 Å². The molecular formula is C28H33N7O8S2. The number of carbonyl (C=O) groups is 6. The topological polar surface area (TPSA) is 220 Å². The Morgan fingerprint density at radius 2 is 1.36 bits per heavy atom. The van der Waals surface area contributed by atoms with E-state index in [1.807, 2.05) is 0 Å². The van der Waals surface area contributed by atoms with Gasteiger partial charge in [-0.3, -0.25) is 40.6 Å². The summed E-state index contributed by atoms with van der Waals surface area (Å²) < 4.78 is 10.8. The Bertz CT molecular complexity index is 1480. The molecule has 0 spiro atoms. The number of hydrogen-bond acceptors (Lipinski definition) is 12. The molecule has 240 valence electrons. The third kappa shape index (κ3) is 11.6. The Hall–Kier alpha value is -4.90. The maximum absolute atomic E-state index is 13.2. The van der Waals surface area contributed by atoms with Gasteiger partial charge in [0.2, 0.25) is 28.8 Å². The Morgan fingerprint density at radius 3 is 1.91 bits per heavy atom. The second kappa shape index (κ2) is 17.4. The highest BCUT2D eigenvalue weighted by atomic mass is 32.2. The Morgan fingerprint density at radius 1 is 0.822 bits per heavy atom. The molecular weight excluding hydrogens is 626 g/mol. The Balaban J connectivity index is 2.17. The van der Waals surface area contributed by atoms with Crippen molar-refractivity contribution in [1.29, 1.82) is 10.8 Å². The number of benzene rings is 2. The molecule has 2 unspecified atom stereocenters. The molecule has 0 saturated heterocycles. The van der Waals surface area contributed by atoms with Crippen molar-refractivity contribution >= 4 is 71.1 Å². The second-order valence-corrected chi connectivity index (χ2v) is 10.7. The maximum atomic E-state index is 13.2. The van der Waals surface area contributed by atoms with Gasteiger partial charge in [-0.05, 0) is 24.3 Å². The van der Waals surface area contributed by atoms with Crippen molar-refractivity contribution in [2.75, 3.05) is 25.6 Å². The fraction of sp³-hybridized carbons (Fsp3) is 0.286. The average molecular weight is 660 g/mol. The van der Waals surface area contributed by atoms with Crippen LogP contribution < -0.4 is 30.7 Å². The van der Waals surface area contributed by atoms with Crippen LogP contribution in [0.5, 0.6) is 11.5 Å². The first-order chi connectivity index (χ1) is 21.2. The van der Waals surface area contributed by atoms with Crippen LogP contribution in [-0.2, 0) is 19.2 Å². The zero-order valence-electron chi connectivity index (χ0n) is 24.8. The zero-order valence-corrected chi connectivity index (χ0v) is 26.5. The number of hydrogen-bond donors (Lipinski definition) is 7. The lowest BCUT2D eigenvalue weighted by molar-refractivity contribution is -0.138. The highest BCUT2D eigenvalue weighted by molar-refractivity contribution is 8.14. The number of rotatable bonds is 11. The number of nitrogens with zero attached hydrogens (tertiary/aromatic N) is 1. The molecule has 0 fully saturated rings. The van der Waals surface area contributed by atoms with Gasteiger partial charge in [-0.15, -0.1) is 0 Å². The van der Waals surface area contributed by atoms with Crippen molar-refractivity contribution in [2.45, 2.75) is 25.9 Å². The van der Waals surface area contributed by atoms with E-state index in [2.05, 4.69) is 33.9 Å². The van der Waals surface area contributed by atoms with Gasteiger partial charge < -0.3 is 25.0 Å². The number of esters is 2. The van der Waals surface area contributed by atoms with E-state index >= 15 is 0 Å². The van der Waals surface area contributed by atoms with Crippen molar-refractivity contribution in [3.63, 3.8) is 0 Å². The summed E-state index contributed by atoms with van der Waals surface area (Å²) >= 11 is 4.70. The normalized spacial score (nSPS) is 11.6. The number of para-hydroxylation sites is 2. The molecule has 0 bridgehead atoms. The monoisotopic (exact) mass is 659 g/mol. The van der Waals surface area contributed by atoms with Crippen LogP contribution in [0.3, 0.4) is 0 Å². The van der Waals surface area contributed by atoms with E-state index in [1.165, 1.54) is 67.3 Å². The van der Waals surface area contributed by atoms with Gasteiger partial charge in [0.05, 0.1) is 5.56 Å².